The average molecular weight is 259 g/mol. The molecule has 1 aromatic heterocycles. The van der Waals surface area contributed by atoms with Crippen LogP contribution in [-0.4, -0.2) is 16.3 Å². The molecule has 0 aliphatic rings. The highest BCUT2D eigenvalue weighted by Crippen LogP contribution is 2.14. The molecule has 102 valence electrons. The second kappa shape index (κ2) is 7.54. The van der Waals surface area contributed by atoms with E-state index in [1.54, 1.807) is 22.9 Å². The molecule has 1 N–H and O–H groups in total. The Morgan fingerprint density at radius 1 is 1.42 bits per heavy atom. The van der Waals surface area contributed by atoms with Gasteiger partial charge in [0.15, 0.2) is 0 Å². The fraction of sp³-hybridized carbons (Fsp3) is 0.312. The summed E-state index contributed by atoms with van der Waals surface area (Å²) in [7, 11) is 0. The maximum absolute atomic E-state index is 11.7. The van der Waals surface area contributed by atoms with Crippen LogP contribution in [0.25, 0.3) is 0 Å². The van der Waals surface area contributed by atoms with Crippen LogP contribution in [0.4, 0.5) is 0 Å². The van der Waals surface area contributed by atoms with Crippen molar-refractivity contribution in [3.8, 4) is 0 Å². The Morgan fingerprint density at radius 3 is 2.74 bits per heavy atom. The number of hydrogen-bond donors (Lipinski definition) is 1. The highest BCUT2D eigenvalue weighted by molar-refractivity contribution is 5.32. The van der Waals surface area contributed by atoms with E-state index in [9.17, 15) is 4.79 Å². The average Bonchev–Trinajstić information content (AvgIpc) is 2.44. The Labute approximate surface area is 114 Å². The Balaban J connectivity index is 3.03. The number of allylic oxidation sites excluding steroid dienone is 4. The topological polar surface area (TPSA) is 42.2 Å². The second-order valence-corrected chi connectivity index (χ2v) is 4.49. The number of hydrogen-bond acceptors (Lipinski definition) is 2. The van der Waals surface area contributed by atoms with Crippen LogP contribution >= 0.6 is 0 Å². The van der Waals surface area contributed by atoms with Gasteiger partial charge in [0.1, 0.15) is 0 Å². The highest BCUT2D eigenvalue weighted by Gasteiger charge is 2.03. The van der Waals surface area contributed by atoms with Gasteiger partial charge in [-0.2, -0.15) is 0 Å². The smallest absolute Gasteiger partial charge is 0.250 e. The monoisotopic (exact) mass is 259 g/mol. The van der Waals surface area contributed by atoms with Crippen LogP contribution in [0.1, 0.15) is 20.3 Å². The Hall–Kier alpha value is -1.87. The molecule has 3 nitrogen and oxygen atoms in total. The van der Waals surface area contributed by atoms with Crippen LogP contribution in [0.2, 0.25) is 0 Å². The molecule has 0 aliphatic heterocycles. The van der Waals surface area contributed by atoms with E-state index in [1.165, 1.54) is 0 Å². The summed E-state index contributed by atoms with van der Waals surface area (Å²) in [6, 6.07) is 5.11. The maximum atomic E-state index is 11.7. The summed E-state index contributed by atoms with van der Waals surface area (Å²) in [5.41, 5.74) is 2.85. The van der Waals surface area contributed by atoms with Gasteiger partial charge in [0, 0.05) is 12.3 Å². The Morgan fingerprint density at radius 2 is 2.16 bits per heavy atom. The van der Waals surface area contributed by atoms with Gasteiger partial charge in [0.05, 0.1) is 13.2 Å². The molecule has 0 radical (unpaired) electrons. The summed E-state index contributed by atoms with van der Waals surface area (Å²) < 4.78 is 1.65. The predicted molar refractivity (Wildman–Crippen MR) is 79.1 cm³/mol. The van der Waals surface area contributed by atoms with Gasteiger partial charge in [-0.05, 0) is 30.6 Å². The molecule has 3 heteroatoms. The zero-order valence-corrected chi connectivity index (χ0v) is 11.6. The van der Waals surface area contributed by atoms with Crippen molar-refractivity contribution in [1.82, 2.24) is 4.57 Å². The number of nitrogens with zero attached hydrogens (tertiary/aromatic N) is 1. The summed E-state index contributed by atoms with van der Waals surface area (Å²) >= 11 is 0. The quantitative estimate of drug-likeness (QED) is 0.798. The van der Waals surface area contributed by atoms with Crippen LogP contribution in [0, 0.1) is 0 Å². The molecule has 0 aromatic carbocycles. The second-order valence-electron chi connectivity index (χ2n) is 4.49. The van der Waals surface area contributed by atoms with Gasteiger partial charge in [-0.15, -0.1) is 0 Å². The summed E-state index contributed by atoms with van der Waals surface area (Å²) in [6.07, 6.45) is 6.39. The first kappa shape index (κ1) is 15.2. The molecule has 0 amide bonds. The lowest BCUT2D eigenvalue weighted by Crippen LogP contribution is -2.19. The molecule has 0 atom stereocenters. The van der Waals surface area contributed by atoms with Gasteiger partial charge in [0.2, 0.25) is 0 Å². The lowest BCUT2D eigenvalue weighted by molar-refractivity contribution is 0.331. The summed E-state index contributed by atoms with van der Waals surface area (Å²) in [5.74, 6) is 0. The van der Waals surface area contributed by atoms with Crippen LogP contribution in [-0.2, 0) is 6.54 Å². The summed E-state index contributed by atoms with van der Waals surface area (Å²) in [6.45, 7) is 8.46. The van der Waals surface area contributed by atoms with E-state index in [0.717, 1.165) is 23.1 Å². The largest absolute Gasteiger partial charge is 0.392 e. The van der Waals surface area contributed by atoms with Gasteiger partial charge in [-0.25, -0.2) is 0 Å². The molecule has 0 saturated carbocycles. The van der Waals surface area contributed by atoms with Crippen molar-refractivity contribution in [3.63, 3.8) is 0 Å². The third-order valence-corrected chi connectivity index (χ3v) is 2.94. The number of aliphatic hydroxyl groups excluding tert-OH is 1. The molecular weight excluding hydrogens is 238 g/mol. The minimum Gasteiger partial charge on any atom is -0.392 e. The lowest BCUT2D eigenvalue weighted by Gasteiger charge is -2.11. The molecule has 1 heterocycles. The third kappa shape index (κ3) is 4.72. The molecular formula is C16H21NO2. The lowest BCUT2D eigenvalue weighted by atomic mass is 10.0. The van der Waals surface area contributed by atoms with Crippen LogP contribution in [0.5, 0.6) is 0 Å². The molecule has 0 saturated heterocycles. The van der Waals surface area contributed by atoms with Crippen molar-refractivity contribution in [2.24, 2.45) is 0 Å². The van der Waals surface area contributed by atoms with E-state index in [4.69, 9.17) is 5.11 Å². The van der Waals surface area contributed by atoms with Crippen molar-refractivity contribution >= 4 is 0 Å². The maximum Gasteiger partial charge on any atom is 0.250 e. The van der Waals surface area contributed by atoms with E-state index in [2.05, 4.69) is 6.58 Å². The molecule has 1 aromatic rings. The molecule has 0 spiro atoms. The number of aromatic nitrogens is 1. The molecule has 19 heavy (non-hydrogen) atoms. The standard InChI is InChI=1S/C16H21NO2/c1-4-14(3)15(9-8-13(2)12-18)11-17-10-6-5-7-16(17)19/h5-10,18H,3-4,11-12H2,1-2H3. The predicted octanol–water partition coefficient (Wildman–Crippen LogP) is 2.68. The van der Waals surface area contributed by atoms with Crippen molar-refractivity contribution in [3.05, 3.63) is 70.2 Å². The van der Waals surface area contributed by atoms with E-state index < -0.39 is 0 Å². The molecule has 0 aliphatic carbocycles. The van der Waals surface area contributed by atoms with Gasteiger partial charge >= 0.3 is 0 Å². The van der Waals surface area contributed by atoms with E-state index in [1.807, 2.05) is 32.1 Å². The fourth-order valence-electron chi connectivity index (χ4n) is 1.58. The highest BCUT2D eigenvalue weighted by atomic mass is 16.3. The van der Waals surface area contributed by atoms with Crippen LogP contribution in [0.15, 0.2) is 64.6 Å². The van der Waals surface area contributed by atoms with E-state index in [0.29, 0.717) is 6.54 Å². The van der Waals surface area contributed by atoms with Crippen molar-refractivity contribution in [2.75, 3.05) is 6.61 Å². The minimum atomic E-state index is -0.0276. The molecule has 0 fully saturated rings. The zero-order chi connectivity index (χ0) is 14.3. The zero-order valence-electron chi connectivity index (χ0n) is 11.6. The van der Waals surface area contributed by atoms with Gasteiger partial charge in [-0.1, -0.05) is 37.3 Å². The van der Waals surface area contributed by atoms with Crippen molar-refractivity contribution < 1.29 is 5.11 Å². The van der Waals surface area contributed by atoms with Crippen molar-refractivity contribution in [2.45, 2.75) is 26.8 Å². The van der Waals surface area contributed by atoms with Gasteiger partial charge < -0.3 is 9.67 Å². The first-order valence-electron chi connectivity index (χ1n) is 6.39. The number of rotatable bonds is 6. The third-order valence-electron chi connectivity index (χ3n) is 2.94. The minimum absolute atomic E-state index is 0.0276. The van der Waals surface area contributed by atoms with Gasteiger partial charge in [0.25, 0.3) is 5.56 Å². The normalized spacial score (nSPS) is 12.6. The Bertz CT molecular complexity index is 550. The molecule has 1 rings (SSSR count). The van der Waals surface area contributed by atoms with E-state index in [-0.39, 0.29) is 12.2 Å². The fourth-order valence-corrected chi connectivity index (χ4v) is 1.58. The first-order valence-corrected chi connectivity index (χ1v) is 6.39. The van der Waals surface area contributed by atoms with Gasteiger partial charge in [-0.3, -0.25) is 4.79 Å². The van der Waals surface area contributed by atoms with Crippen LogP contribution in [0.3, 0.4) is 0 Å². The number of pyridine rings is 1. The van der Waals surface area contributed by atoms with Crippen molar-refractivity contribution in [1.29, 1.82) is 0 Å². The summed E-state index contributed by atoms with van der Waals surface area (Å²) in [5, 5.41) is 9.00. The first-order chi connectivity index (χ1) is 9.08. The number of aliphatic hydroxyl groups is 1. The SMILES string of the molecule is C=C(CC)C(=CC=C(C)CO)Cn1ccccc1=O. The molecule has 0 bridgehead atoms. The summed E-state index contributed by atoms with van der Waals surface area (Å²) in [4.78, 5) is 11.7. The molecule has 0 unspecified atom stereocenters. The van der Waals surface area contributed by atoms with Crippen LogP contribution < -0.4 is 5.56 Å². The van der Waals surface area contributed by atoms with E-state index >= 15 is 0 Å². The Kier molecular flexibility index (Phi) is 6.03.